The second-order valence-electron chi connectivity index (χ2n) is 7.31. The molecule has 0 fully saturated rings. The highest BCUT2D eigenvalue weighted by Gasteiger charge is 2.18. The third-order valence-corrected chi connectivity index (χ3v) is 5.72. The molecule has 0 spiro atoms. The van der Waals surface area contributed by atoms with Gasteiger partial charge in [-0.1, -0.05) is 61.0 Å². The van der Waals surface area contributed by atoms with Gasteiger partial charge in [-0.2, -0.15) is 0 Å². The minimum absolute atomic E-state index is 0.0897. The normalized spacial score (nSPS) is 11.4. The van der Waals surface area contributed by atoms with Gasteiger partial charge in [0.2, 0.25) is 0 Å². The third-order valence-electron chi connectivity index (χ3n) is 5.45. The molecule has 142 valence electrons. The van der Waals surface area contributed by atoms with Gasteiger partial charge in [-0.25, -0.2) is 0 Å². The zero-order chi connectivity index (χ0) is 19.5. The Bertz CT molecular complexity index is 1140. The molecule has 0 amide bonds. The van der Waals surface area contributed by atoms with Crippen LogP contribution in [0.4, 0.5) is 0 Å². The number of unbranched alkanes of at least 4 members (excludes halogenated alkanes) is 2. The lowest BCUT2D eigenvalue weighted by Crippen LogP contribution is -2.02. The first-order chi connectivity index (χ1) is 13.7. The van der Waals surface area contributed by atoms with Gasteiger partial charge in [0.15, 0.2) is 5.78 Å². The summed E-state index contributed by atoms with van der Waals surface area (Å²) in [5.74, 6) is 0.795. The summed E-state index contributed by atoms with van der Waals surface area (Å²) in [6.45, 7) is 2.99. The Labute approximate surface area is 170 Å². The van der Waals surface area contributed by atoms with Crippen molar-refractivity contribution in [1.29, 1.82) is 0 Å². The van der Waals surface area contributed by atoms with Crippen molar-refractivity contribution in [3.05, 3.63) is 83.6 Å². The minimum atomic E-state index is 0.0897. The third kappa shape index (κ3) is 3.45. The molecule has 0 unspecified atom stereocenters. The van der Waals surface area contributed by atoms with Crippen molar-refractivity contribution < 1.29 is 4.79 Å². The quantitative estimate of drug-likeness (QED) is 0.195. The van der Waals surface area contributed by atoms with E-state index in [1.165, 1.54) is 5.56 Å². The summed E-state index contributed by atoms with van der Waals surface area (Å²) in [5.41, 5.74) is 3.86. The lowest BCUT2D eigenvalue weighted by Gasteiger charge is -2.08. The van der Waals surface area contributed by atoms with Crippen molar-refractivity contribution in [3.63, 3.8) is 0 Å². The molecule has 4 aromatic rings. The molecule has 0 bridgehead atoms. The fourth-order valence-electron chi connectivity index (χ4n) is 3.96. The molecular formula is C25H24ClNO. The molecule has 0 saturated carbocycles. The Kier molecular flexibility index (Phi) is 5.50. The molecule has 1 heterocycles. The Balaban J connectivity index is 1.77. The van der Waals surface area contributed by atoms with Crippen LogP contribution in [-0.4, -0.2) is 16.2 Å². The van der Waals surface area contributed by atoms with Crippen LogP contribution in [0, 0.1) is 6.92 Å². The largest absolute Gasteiger partial charge is 0.347 e. The lowest BCUT2D eigenvalue weighted by atomic mass is 9.95. The number of hydrogen-bond acceptors (Lipinski definition) is 1. The van der Waals surface area contributed by atoms with Crippen LogP contribution in [0.2, 0.25) is 0 Å². The Hall–Kier alpha value is -2.58. The zero-order valence-electron chi connectivity index (χ0n) is 16.1. The fourth-order valence-corrected chi connectivity index (χ4v) is 4.15. The molecule has 1 aromatic heterocycles. The molecule has 0 aliphatic heterocycles. The fraction of sp³-hybridized carbons (Fsp3) is 0.240. The number of benzene rings is 3. The van der Waals surface area contributed by atoms with E-state index >= 15 is 0 Å². The first kappa shape index (κ1) is 18.8. The zero-order valence-corrected chi connectivity index (χ0v) is 16.9. The summed E-state index contributed by atoms with van der Waals surface area (Å²) in [5, 5.41) is 3.18. The number of fused-ring (bicyclic) bond motifs is 2. The smallest absolute Gasteiger partial charge is 0.195 e. The van der Waals surface area contributed by atoms with Crippen molar-refractivity contribution >= 4 is 39.1 Å². The first-order valence-corrected chi connectivity index (χ1v) is 10.4. The lowest BCUT2D eigenvalue weighted by molar-refractivity contribution is 0.104. The Morgan fingerprint density at radius 1 is 0.821 bits per heavy atom. The summed E-state index contributed by atoms with van der Waals surface area (Å²) < 4.78 is 2.22. The molecule has 3 heteroatoms. The molecule has 0 N–H and O–H groups in total. The van der Waals surface area contributed by atoms with Crippen LogP contribution in [0.25, 0.3) is 21.7 Å². The highest BCUT2D eigenvalue weighted by atomic mass is 35.5. The van der Waals surface area contributed by atoms with Gasteiger partial charge in [-0.05, 0) is 42.2 Å². The van der Waals surface area contributed by atoms with Gasteiger partial charge in [0.1, 0.15) is 0 Å². The van der Waals surface area contributed by atoms with Gasteiger partial charge in [0, 0.05) is 40.7 Å². The van der Waals surface area contributed by atoms with Crippen molar-refractivity contribution in [1.82, 2.24) is 4.57 Å². The van der Waals surface area contributed by atoms with E-state index < -0.39 is 0 Å². The number of aromatic nitrogens is 1. The molecule has 0 atom stereocenters. The summed E-state index contributed by atoms with van der Waals surface area (Å²) in [6.07, 6.45) is 5.22. The van der Waals surface area contributed by atoms with Crippen LogP contribution < -0.4 is 0 Å². The predicted octanol–water partition coefficient (Wildman–Crippen LogP) is 6.74. The standard InChI is InChI=1S/C25H24ClNO/c1-18-13-14-22(20-10-4-3-9-19(18)20)25(28)23-17-27(16-8-2-7-15-26)24-12-6-5-11-21(23)24/h3-6,9-14,17H,2,7-8,15-16H2,1H3. The van der Waals surface area contributed by atoms with Gasteiger partial charge in [0.05, 0.1) is 0 Å². The molecular weight excluding hydrogens is 366 g/mol. The number of ketones is 1. The van der Waals surface area contributed by atoms with E-state index in [0.29, 0.717) is 5.88 Å². The van der Waals surface area contributed by atoms with Crippen molar-refractivity contribution in [2.45, 2.75) is 32.7 Å². The number of alkyl halides is 1. The highest BCUT2D eigenvalue weighted by Crippen LogP contribution is 2.29. The number of rotatable bonds is 7. The molecule has 0 saturated heterocycles. The molecule has 0 radical (unpaired) electrons. The average Bonchev–Trinajstić information content (AvgIpc) is 3.10. The van der Waals surface area contributed by atoms with E-state index in [1.807, 2.05) is 54.7 Å². The number of carbonyl (C=O) groups excluding carboxylic acids is 1. The summed E-state index contributed by atoms with van der Waals surface area (Å²) in [7, 11) is 0. The molecule has 0 aliphatic carbocycles. The van der Waals surface area contributed by atoms with Crippen LogP contribution in [-0.2, 0) is 6.54 Å². The molecule has 0 aliphatic rings. The van der Waals surface area contributed by atoms with E-state index in [2.05, 4.69) is 23.6 Å². The van der Waals surface area contributed by atoms with Crippen LogP contribution in [0.5, 0.6) is 0 Å². The van der Waals surface area contributed by atoms with E-state index in [-0.39, 0.29) is 5.78 Å². The monoisotopic (exact) mass is 389 g/mol. The molecule has 3 aromatic carbocycles. The minimum Gasteiger partial charge on any atom is -0.347 e. The number of carbonyl (C=O) groups is 1. The van der Waals surface area contributed by atoms with Crippen molar-refractivity contribution in [2.75, 3.05) is 5.88 Å². The van der Waals surface area contributed by atoms with Gasteiger partial charge in [0.25, 0.3) is 0 Å². The van der Waals surface area contributed by atoms with Crippen LogP contribution in [0.1, 0.15) is 40.7 Å². The summed E-state index contributed by atoms with van der Waals surface area (Å²) in [4.78, 5) is 13.5. The second kappa shape index (κ2) is 8.20. The highest BCUT2D eigenvalue weighted by molar-refractivity contribution is 6.21. The molecule has 4 rings (SSSR count). The van der Waals surface area contributed by atoms with Crippen molar-refractivity contribution in [2.24, 2.45) is 0 Å². The van der Waals surface area contributed by atoms with E-state index in [0.717, 1.165) is 58.6 Å². The number of halogens is 1. The molecule has 2 nitrogen and oxygen atoms in total. The number of para-hydroxylation sites is 1. The van der Waals surface area contributed by atoms with Crippen molar-refractivity contribution in [3.8, 4) is 0 Å². The van der Waals surface area contributed by atoms with Crippen LogP contribution in [0.15, 0.2) is 66.9 Å². The van der Waals surface area contributed by atoms with E-state index in [4.69, 9.17) is 11.6 Å². The van der Waals surface area contributed by atoms with Gasteiger partial charge < -0.3 is 4.57 Å². The maximum Gasteiger partial charge on any atom is 0.195 e. The maximum absolute atomic E-state index is 13.5. The maximum atomic E-state index is 13.5. The SMILES string of the molecule is Cc1ccc(C(=O)c2cn(CCCCCCl)c3ccccc23)c2ccccc12. The first-order valence-electron chi connectivity index (χ1n) is 9.87. The number of nitrogens with zero attached hydrogens (tertiary/aromatic N) is 1. The number of aryl methyl sites for hydroxylation is 2. The second-order valence-corrected chi connectivity index (χ2v) is 7.69. The van der Waals surface area contributed by atoms with Crippen LogP contribution >= 0.6 is 11.6 Å². The van der Waals surface area contributed by atoms with Gasteiger partial charge in [-0.3, -0.25) is 4.79 Å². The Morgan fingerprint density at radius 3 is 2.32 bits per heavy atom. The summed E-state index contributed by atoms with van der Waals surface area (Å²) >= 11 is 5.80. The van der Waals surface area contributed by atoms with E-state index in [1.54, 1.807) is 0 Å². The molecule has 28 heavy (non-hydrogen) atoms. The van der Waals surface area contributed by atoms with Gasteiger partial charge in [-0.15, -0.1) is 11.6 Å². The van der Waals surface area contributed by atoms with Gasteiger partial charge >= 0.3 is 0 Å². The van der Waals surface area contributed by atoms with Crippen LogP contribution in [0.3, 0.4) is 0 Å². The number of hydrogen-bond donors (Lipinski definition) is 0. The Morgan fingerprint density at radius 2 is 1.54 bits per heavy atom. The van der Waals surface area contributed by atoms with E-state index in [9.17, 15) is 4.79 Å². The summed E-state index contributed by atoms with van der Waals surface area (Å²) in [6, 6.07) is 20.3. The topological polar surface area (TPSA) is 22.0 Å². The average molecular weight is 390 g/mol. The predicted molar refractivity (Wildman–Crippen MR) is 119 cm³/mol.